The number of unbranched alkanes of at least 4 members (excludes halogenated alkanes) is 5. The molecule has 1 fully saturated rings. The highest BCUT2D eigenvalue weighted by Crippen LogP contribution is 2.29. The molecule has 0 radical (unpaired) electrons. The Hall–Kier alpha value is -0.600. The standard InChI is InChI=1S/C22H31S2/c1-2-3-4-5-6-7-14-23-21-12-10-20-18-22(13-11-19(20)17-21)24-15-8-9-16-24/h10-13,17-18H,2-9,14-16H2,1H3/q+1. The molecule has 0 aromatic heterocycles. The minimum Gasteiger partial charge on any atom is -0.126 e. The average molecular weight is 360 g/mol. The van der Waals surface area contributed by atoms with E-state index in [4.69, 9.17) is 0 Å². The third-order valence-corrected chi connectivity index (χ3v) is 8.48. The van der Waals surface area contributed by atoms with Gasteiger partial charge in [0.15, 0.2) is 4.90 Å². The van der Waals surface area contributed by atoms with Crippen LogP contribution in [0.1, 0.15) is 58.3 Å². The maximum atomic E-state index is 2.45. The first-order valence-electron chi connectivity index (χ1n) is 9.71. The fourth-order valence-electron chi connectivity index (χ4n) is 3.43. The van der Waals surface area contributed by atoms with Crippen LogP contribution in [0.3, 0.4) is 0 Å². The first kappa shape index (κ1) is 18.2. The second-order valence-corrected chi connectivity index (χ2v) is 10.3. The van der Waals surface area contributed by atoms with E-state index < -0.39 is 0 Å². The molecule has 1 saturated heterocycles. The fraction of sp³-hybridized carbons (Fsp3) is 0.545. The molecule has 2 aromatic carbocycles. The van der Waals surface area contributed by atoms with E-state index in [1.165, 1.54) is 84.3 Å². The molecule has 0 N–H and O–H groups in total. The van der Waals surface area contributed by atoms with Gasteiger partial charge in [-0.2, -0.15) is 0 Å². The highest BCUT2D eigenvalue weighted by atomic mass is 32.2. The zero-order valence-electron chi connectivity index (χ0n) is 15.1. The summed E-state index contributed by atoms with van der Waals surface area (Å²) in [6.45, 7) is 2.28. The van der Waals surface area contributed by atoms with Crippen molar-refractivity contribution in [1.82, 2.24) is 0 Å². The van der Waals surface area contributed by atoms with Gasteiger partial charge in [-0.15, -0.1) is 11.8 Å². The number of fused-ring (bicyclic) bond motifs is 1. The largest absolute Gasteiger partial charge is 0.155 e. The summed E-state index contributed by atoms with van der Waals surface area (Å²) in [7, 11) is 0.533. The number of hydrogen-bond donors (Lipinski definition) is 0. The molecule has 0 amide bonds. The van der Waals surface area contributed by atoms with Gasteiger partial charge in [-0.05, 0) is 60.1 Å². The van der Waals surface area contributed by atoms with Crippen LogP contribution in [0.2, 0.25) is 0 Å². The first-order chi connectivity index (χ1) is 11.9. The summed E-state index contributed by atoms with van der Waals surface area (Å²) in [5, 5.41) is 2.84. The predicted molar refractivity (Wildman–Crippen MR) is 113 cm³/mol. The summed E-state index contributed by atoms with van der Waals surface area (Å²) in [5.74, 6) is 4.09. The summed E-state index contributed by atoms with van der Waals surface area (Å²) < 4.78 is 0. The highest BCUT2D eigenvalue weighted by Gasteiger charge is 2.26. The molecular weight excluding hydrogens is 328 g/mol. The third kappa shape index (κ3) is 5.20. The lowest BCUT2D eigenvalue weighted by atomic mass is 10.1. The maximum Gasteiger partial charge on any atom is 0.155 e. The molecular formula is C22H31S2+. The lowest BCUT2D eigenvalue weighted by Crippen LogP contribution is -2.03. The van der Waals surface area contributed by atoms with Crippen LogP contribution in [0.4, 0.5) is 0 Å². The molecule has 1 aliphatic heterocycles. The Bertz CT molecular complexity index is 629. The van der Waals surface area contributed by atoms with Crippen molar-refractivity contribution in [2.24, 2.45) is 0 Å². The van der Waals surface area contributed by atoms with E-state index in [0.717, 1.165) is 0 Å². The van der Waals surface area contributed by atoms with E-state index in [1.54, 1.807) is 4.90 Å². The van der Waals surface area contributed by atoms with Crippen molar-refractivity contribution in [2.45, 2.75) is 68.1 Å². The van der Waals surface area contributed by atoms with Gasteiger partial charge in [0.1, 0.15) is 11.5 Å². The molecule has 0 unspecified atom stereocenters. The zero-order chi connectivity index (χ0) is 16.6. The Balaban J connectivity index is 1.51. The van der Waals surface area contributed by atoms with E-state index in [1.807, 2.05) is 11.8 Å². The van der Waals surface area contributed by atoms with Crippen LogP contribution in [0, 0.1) is 0 Å². The smallest absolute Gasteiger partial charge is 0.126 e. The molecule has 130 valence electrons. The van der Waals surface area contributed by atoms with Gasteiger partial charge in [-0.25, -0.2) is 0 Å². The van der Waals surface area contributed by atoms with Crippen molar-refractivity contribution in [1.29, 1.82) is 0 Å². The van der Waals surface area contributed by atoms with Crippen molar-refractivity contribution < 1.29 is 0 Å². The monoisotopic (exact) mass is 359 g/mol. The van der Waals surface area contributed by atoms with Gasteiger partial charge in [0.25, 0.3) is 0 Å². The number of hydrogen-bond acceptors (Lipinski definition) is 1. The highest BCUT2D eigenvalue weighted by molar-refractivity contribution is 7.99. The van der Waals surface area contributed by atoms with Gasteiger partial charge in [0.05, 0.1) is 0 Å². The van der Waals surface area contributed by atoms with Crippen molar-refractivity contribution in [2.75, 3.05) is 17.3 Å². The SMILES string of the molecule is CCCCCCCCSc1ccc2cc([S+]3CCCC3)ccc2c1. The van der Waals surface area contributed by atoms with E-state index in [9.17, 15) is 0 Å². The number of thioether (sulfide) groups is 1. The van der Waals surface area contributed by atoms with Gasteiger partial charge in [-0.3, -0.25) is 0 Å². The number of benzene rings is 2. The Morgan fingerprint density at radius 3 is 2.38 bits per heavy atom. The van der Waals surface area contributed by atoms with Crippen molar-refractivity contribution in [3.63, 3.8) is 0 Å². The summed E-state index contributed by atoms with van der Waals surface area (Å²) >= 11 is 2.03. The van der Waals surface area contributed by atoms with E-state index in [0.29, 0.717) is 10.9 Å². The first-order valence-corrected chi connectivity index (χ1v) is 12.3. The van der Waals surface area contributed by atoms with Crippen LogP contribution in [0.25, 0.3) is 10.8 Å². The Kier molecular flexibility index (Phi) is 7.41. The second-order valence-electron chi connectivity index (χ2n) is 6.90. The summed E-state index contributed by atoms with van der Waals surface area (Å²) in [6, 6.07) is 14.2. The van der Waals surface area contributed by atoms with Gasteiger partial charge >= 0.3 is 0 Å². The molecule has 1 aliphatic rings. The maximum absolute atomic E-state index is 2.45. The molecule has 0 spiro atoms. The lowest BCUT2D eigenvalue weighted by molar-refractivity contribution is 0.627. The van der Waals surface area contributed by atoms with Crippen LogP contribution in [-0.4, -0.2) is 17.3 Å². The minimum absolute atomic E-state index is 0.533. The molecule has 2 aromatic rings. The molecule has 0 saturated carbocycles. The predicted octanol–water partition coefficient (Wildman–Crippen LogP) is 7.06. The molecule has 24 heavy (non-hydrogen) atoms. The quantitative estimate of drug-likeness (QED) is 0.262. The zero-order valence-corrected chi connectivity index (χ0v) is 16.7. The van der Waals surface area contributed by atoms with Gasteiger partial charge in [0, 0.05) is 21.9 Å². The lowest BCUT2D eigenvalue weighted by Gasteiger charge is -2.06. The van der Waals surface area contributed by atoms with Crippen molar-refractivity contribution >= 4 is 33.4 Å². The second kappa shape index (κ2) is 9.77. The Labute approximate surface area is 155 Å². The summed E-state index contributed by atoms with van der Waals surface area (Å²) in [5.41, 5.74) is 0. The van der Waals surface area contributed by atoms with Gasteiger partial charge in [-0.1, -0.05) is 45.1 Å². The molecule has 0 nitrogen and oxygen atoms in total. The van der Waals surface area contributed by atoms with E-state index in [2.05, 4.69) is 43.3 Å². The molecule has 3 rings (SSSR count). The minimum atomic E-state index is 0.533. The molecule has 2 heteroatoms. The average Bonchev–Trinajstić information content (AvgIpc) is 3.15. The normalized spacial score (nSPS) is 15.4. The van der Waals surface area contributed by atoms with Crippen LogP contribution < -0.4 is 0 Å². The Morgan fingerprint density at radius 2 is 1.54 bits per heavy atom. The summed E-state index contributed by atoms with van der Waals surface area (Å²) in [6.07, 6.45) is 11.2. The van der Waals surface area contributed by atoms with E-state index in [-0.39, 0.29) is 0 Å². The van der Waals surface area contributed by atoms with Crippen molar-refractivity contribution in [3.8, 4) is 0 Å². The molecule has 0 bridgehead atoms. The van der Waals surface area contributed by atoms with Crippen LogP contribution >= 0.6 is 11.8 Å². The van der Waals surface area contributed by atoms with Crippen LogP contribution in [0.15, 0.2) is 46.2 Å². The van der Waals surface area contributed by atoms with E-state index >= 15 is 0 Å². The number of rotatable bonds is 9. The van der Waals surface area contributed by atoms with Gasteiger partial charge in [0.2, 0.25) is 0 Å². The third-order valence-electron chi connectivity index (χ3n) is 4.91. The molecule has 0 aliphatic carbocycles. The topological polar surface area (TPSA) is 0 Å². The van der Waals surface area contributed by atoms with Crippen LogP contribution in [-0.2, 0) is 10.9 Å². The van der Waals surface area contributed by atoms with Crippen molar-refractivity contribution in [3.05, 3.63) is 36.4 Å². The molecule has 1 heterocycles. The summed E-state index contributed by atoms with van der Waals surface area (Å²) in [4.78, 5) is 3.03. The fourth-order valence-corrected chi connectivity index (χ4v) is 6.73. The van der Waals surface area contributed by atoms with Crippen LogP contribution in [0.5, 0.6) is 0 Å². The van der Waals surface area contributed by atoms with Gasteiger partial charge < -0.3 is 0 Å². The Morgan fingerprint density at radius 1 is 0.833 bits per heavy atom. The molecule has 0 atom stereocenters.